The molecule has 1 aliphatic carbocycles. The van der Waals surface area contributed by atoms with Crippen molar-refractivity contribution in [3.8, 4) is 0 Å². The van der Waals surface area contributed by atoms with Gasteiger partial charge in [0.25, 0.3) is 0 Å². The number of rotatable bonds is 4. The van der Waals surface area contributed by atoms with E-state index in [1.807, 2.05) is 12.3 Å². The summed E-state index contributed by atoms with van der Waals surface area (Å²) >= 11 is 7.36. The third-order valence-corrected chi connectivity index (χ3v) is 7.98. The molecule has 1 aromatic heterocycles. The molecule has 1 heterocycles. The summed E-state index contributed by atoms with van der Waals surface area (Å²) in [5, 5.41) is 1.42. The minimum absolute atomic E-state index is 0. The van der Waals surface area contributed by atoms with Crippen LogP contribution >= 0.6 is 15.3 Å². The number of benzene rings is 1. The van der Waals surface area contributed by atoms with E-state index in [0.717, 1.165) is 5.69 Å². The van der Waals surface area contributed by atoms with Crippen LogP contribution in [-0.2, 0) is 16.3 Å². The summed E-state index contributed by atoms with van der Waals surface area (Å²) in [5.74, 6) is 0.169. The largest absolute Gasteiger partial charge is 1.00 e. The van der Waals surface area contributed by atoms with Crippen LogP contribution in [-0.4, -0.2) is 11.7 Å². The van der Waals surface area contributed by atoms with Crippen LogP contribution in [0.1, 0.15) is 17.2 Å². The zero-order valence-corrected chi connectivity index (χ0v) is 19.4. The number of aromatic nitrogens is 1. The van der Waals surface area contributed by atoms with Gasteiger partial charge in [-0.2, -0.15) is 0 Å². The molecule has 3 rings (SSSR count). The van der Waals surface area contributed by atoms with E-state index in [1.165, 1.54) is 10.8 Å². The Labute approximate surface area is 179 Å². The summed E-state index contributed by atoms with van der Waals surface area (Å²) in [6, 6.07) is 16.8. The van der Waals surface area contributed by atoms with E-state index in [0.29, 0.717) is 0 Å². The van der Waals surface area contributed by atoms with Crippen molar-refractivity contribution in [1.29, 1.82) is 0 Å². The standard InChI is InChI=1S/C19H19BrNSi.2ClH.Cr/c1-22(2,20)17-12-11-16(14-17)19(15-8-4-3-5-9-15)18-10-6-7-13-21-18;;;/h3-14,19H,1-2H3;2*1H;/q;;;+2/p-2. The number of nitrogens with zero attached hydrogens (tertiary/aromatic N) is 1. The van der Waals surface area contributed by atoms with Gasteiger partial charge < -0.3 is 24.8 Å². The zero-order chi connectivity index (χ0) is 16.5. The first-order valence-corrected chi connectivity index (χ1v) is 13.6. The molecule has 1 aromatic carbocycles. The first-order chi connectivity index (χ1) is 10.9. The molecule has 0 bridgehead atoms. The van der Waals surface area contributed by atoms with Gasteiger partial charge in [0.2, 0.25) is 0 Å². The zero-order valence-electron chi connectivity index (χ0n) is 14.0. The summed E-state index contributed by atoms with van der Waals surface area (Å²) in [6.45, 7) is 3.11. The summed E-state index contributed by atoms with van der Waals surface area (Å²) in [6.07, 6.45) is 8.84. The van der Waals surface area contributed by atoms with Crippen LogP contribution in [0.3, 0.4) is 0 Å². The quantitative estimate of drug-likeness (QED) is 0.417. The molecule has 25 heavy (non-hydrogen) atoms. The first-order valence-electron chi connectivity index (χ1n) is 7.68. The van der Waals surface area contributed by atoms with Gasteiger partial charge in [0.15, 0.2) is 0 Å². The van der Waals surface area contributed by atoms with E-state index in [-0.39, 0.29) is 35.0 Å². The number of hydrogen-bond acceptors (Lipinski definition) is 1. The van der Waals surface area contributed by atoms with Crippen LogP contribution in [0.15, 0.2) is 78.2 Å². The molecule has 0 N–H and O–H groups in total. The van der Waals surface area contributed by atoms with Crippen molar-refractivity contribution in [3.05, 3.63) is 89.4 Å². The van der Waals surface area contributed by atoms with Gasteiger partial charge in [0, 0.05) is 0 Å². The molecule has 0 amide bonds. The van der Waals surface area contributed by atoms with E-state index in [2.05, 4.69) is 110 Å². The average Bonchev–Trinajstić information content (AvgIpc) is 2.93. The van der Waals surface area contributed by atoms with E-state index < -0.39 is 6.69 Å². The van der Waals surface area contributed by atoms with Gasteiger partial charge in [-0.3, -0.25) is 0 Å². The van der Waals surface area contributed by atoms with Gasteiger partial charge in [0.05, 0.1) is 0 Å². The molecule has 0 radical (unpaired) electrons. The Hall–Kier alpha value is -0.341. The van der Waals surface area contributed by atoms with Crippen LogP contribution < -0.4 is 24.8 Å². The van der Waals surface area contributed by atoms with Gasteiger partial charge in [-0.25, -0.2) is 0 Å². The molecule has 0 fully saturated rings. The van der Waals surface area contributed by atoms with Crippen LogP contribution in [0, 0.1) is 0 Å². The molecule has 0 aliphatic heterocycles. The molecular weight excluding hydrogens is 473 g/mol. The Balaban J connectivity index is 0.00000156. The third kappa shape index (κ3) is 5.10. The number of hydrogen-bond donors (Lipinski definition) is 0. The summed E-state index contributed by atoms with van der Waals surface area (Å²) < 4.78 is -0.178. The number of allylic oxidation sites excluding steroid dienone is 4. The molecule has 2 aromatic rings. The van der Waals surface area contributed by atoms with Crippen LogP contribution in [0.2, 0.25) is 17.4 Å². The Bertz CT molecular complexity index is 708. The van der Waals surface area contributed by atoms with Gasteiger partial charge >= 0.3 is 156 Å². The van der Waals surface area contributed by atoms with Crippen LogP contribution in [0.25, 0.3) is 0 Å². The molecule has 2 unspecified atom stereocenters. The second kappa shape index (κ2) is 9.04. The fourth-order valence-electron chi connectivity index (χ4n) is 2.96. The average molecular weight is 492 g/mol. The second-order valence-electron chi connectivity index (χ2n) is 6.36. The molecule has 1 nitrogen and oxygen atoms in total. The third-order valence-electron chi connectivity index (χ3n) is 4.16. The van der Waals surface area contributed by atoms with Gasteiger partial charge in [-0.05, 0) is 0 Å². The van der Waals surface area contributed by atoms with Crippen LogP contribution in [0.5, 0.6) is 0 Å². The van der Waals surface area contributed by atoms with E-state index >= 15 is 0 Å². The minimum Gasteiger partial charge on any atom is -1.00 e. The summed E-state index contributed by atoms with van der Waals surface area (Å²) in [7, 11) is 0. The number of halogens is 3. The molecule has 6 heteroatoms. The van der Waals surface area contributed by atoms with Crippen molar-refractivity contribution in [2.75, 3.05) is 0 Å². The SMILES string of the molecule is C[Si](C)(Br)C1=C[C]([Cr+2])(C(c2ccccc2)c2ccccn2)C=C1.[Cl-].[Cl-]. The van der Waals surface area contributed by atoms with E-state index in [1.54, 1.807) is 0 Å². The Morgan fingerprint density at radius 1 is 1.04 bits per heavy atom. The minimum atomic E-state index is -1.51. The van der Waals surface area contributed by atoms with Crippen LogP contribution in [0.4, 0.5) is 0 Å². The molecule has 0 saturated heterocycles. The molecule has 0 saturated carbocycles. The van der Waals surface area contributed by atoms with Crippen molar-refractivity contribution < 1.29 is 41.1 Å². The van der Waals surface area contributed by atoms with E-state index in [9.17, 15) is 0 Å². The molecule has 0 spiro atoms. The summed E-state index contributed by atoms with van der Waals surface area (Å²) in [4.78, 5) is 4.65. The Kier molecular flexibility index (Phi) is 8.21. The van der Waals surface area contributed by atoms with Crippen molar-refractivity contribution >= 4 is 22.0 Å². The van der Waals surface area contributed by atoms with E-state index in [4.69, 9.17) is 0 Å². The molecule has 1 aliphatic rings. The van der Waals surface area contributed by atoms with Gasteiger partial charge in [0.1, 0.15) is 0 Å². The molecule has 2 atom stereocenters. The van der Waals surface area contributed by atoms with Crippen molar-refractivity contribution in [2.24, 2.45) is 0 Å². The second-order valence-corrected chi connectivity index (χ2v) is 16.9. The maximum atomic E-state index is 4.65. The van der Waals surface area contributed by atoms with Gasteiger partial charge in [-0.1, -0.05) is 0 Å². The number of pyridine rings is 1. The topological polar surface area (TPSA) is 12.9 Å². The van der Waals surface area contributed by atoms with Crippen molar-refractivity contribution in [3.63, 3.8) is 0 Å². The molecular formula is C19H19BrCl2CrNSi. The normalized spacial score (nSPS) is 20.2. The van der Waals surface area contributed by atoms with Gasteiger partial charge in [-0.15, -0.1) is 0 Å². The van der Waals surface area contributed by atoms with Crippen molar-refractivity contribution in [1.82, 2.24) is 4.98 Å². The van der Waals surface area contributed by atoms with Crippen molar-refractivity contribution in [2.45, 2.75) is 23.3 Å². The fourth-order valence-corrected chi connectivity index (χ4v) is 5.64. The smallest absolute Gasteiger partial charge is 1.00 e. The maximum Gasteiger partial charge on any atom is -1.00 e. The monoisotopic (exact) mass is 490 g/mol. The fraction of sp³-hybridized carbons (Fsp3) is 0.211. The maximum absolute atomic E-state index is 4.65. The summed E-state index contributed by atoms with van der Waals surface area (Å²) in [5.41, 5.74) is 2.37. The Morgan fingerprint density at radius 2 is 1.68 bits per heavy atom. The predicted molar refractivity (Wildman–Crippen MR) is 98.8 cm³/mol. The predicted octanol–water partition coefficient (Wildman–Crippen LogP) is -0.438. The Morgan fingerprint density at radius 3 is 2.20 bits per heavy atom. The first kappa shape index (κ1) is 22.7. The molecule has 131 valence electrons.